The van der Waals surface area contributed by atoms with Gasteiger partial charge in [-0.15, -0.1) is 0 Å². The standard InChI is InChI=1S/C72H72N4O4/c1-3-5-7-9-11-13-15-17-19-21-27-47-33-37-49(38-34-47)79-61-45-55-63-53(69-73-57-29-23-25-31-59(57)75(69)71(55)77)44-42-52-66-62(80-50-39-35-48(36-40-50)28-22-20-18-16-14-12-10-8-6-4-2)46-56-64-54(43-41-51(68(64)66)65(61)67(52)63)70-74-58-30-24-26-32-60(58)76(70)72(56)78/h23-26,29-46H,3-22,27-28H2,1-2H3. The third-order valence-electron chi connectivity index (χ3n) is 17.4. The molecule has 0 saturated carbocycles. The molecule has 0 N–H and O–H groups in total. The van der Waals surface area contributed by atoms with E-state index >= 15 is 9.59 Å². The van der Waals surface area contributed by atoms with E-state index in [4.69, 9.17) is 19.4 Å². The van der Waals surface area contributed by atoms with E-state index in [0.717, 1.165) is 102 Å². The fourth-order valence-corrected chi connectivity index (χ4v) is 13.3. The van der Waals surface area contributed by atoms with E-state index in [9.17, 15) is 0 Å². The number of unbranched alkanes of at least 4 members (excludes halogenated alkanes) is 18. The highest BCUT2D eigenvalue weighted by atomic mass is 16.5. The summed E-state index contributed by atoms with van der Waals surface area (Å²) in [5, 5.41) is 9.76. The lowest BCUT2D eigenvalue weighted by atomic mass is 9.85. The van der Waals surface area contributed by atoms with Crippen molar-refractivity contribution in [1.29, 1.82) is 0 Å². The van der Waals surface area contributed by atoms with Crippen molar-refractivity contribution in [3.05, 3.63) is 165 Å². The summed E-state index contributed by atoms with van der Waals surface area (Å²) in [4.78, 5) is 40.8. The van der Waals surface area contributed by atoms with Gasteiger partial charge in [-0.25, -0.2) is 9.97 Å². The van der Waals surface area contributed by atoms with Gasteiger partial charge in [0, 0.05) is 43.1 Å². The van der Waals surface area contributed by atoms with Gasteiger partial charge < -0.3 is 9.47 Å². The number of ether oxygens (including phenoxy) is 2. The zero-order valence-electron chi connectivity index (χ0n) is 46.7. The Labute approximate surface area is 467 Å². The van der Waals surface area contributed by atoms with Gasteiger partial charge in [0.05, 0.1) is 32.8 Å². The van der Waals surface area contributed by atoms with E-state index in [-0.39, 0.29) is 11.1 Å². The van der Waals surface area contributed by atoms with Crippen LogP contribution in [0.3, 0.4) is 0 Å². The van der Waals surface area contributed by atoms with Gasteiger partial charge in [-0.2, -0.15) is 0 Å². The topological polar surface area (TPSA) is 87.2 Å². The van der Waals surface area contributed by atoms with Crippen molar-refractivity contribution >= 4 is 98.0 Å². The summed E-state index contributed by atoms with van der Waals surface area (Å²) in [7, 11) is 0. The number of hydrogen-bond acceptors (Lipinski definition) is 6. The van der Waals surface area contributed by atoms with Crippen LogP contribution >= 0.6 is 0 Å². The lowest BCUT2D eigenvalue weighted by Gasteiger charge is -2.22. The van der Waals surface area contributed by atoms with E-state index < -0.39 is 0 Å². The van der Waals surface area contributed by atoms with Crippen LogP contribution in [0.1, 0.15) is 153 Å². The molecule has 0 fully saturated rings. The average Bonchev–Trinajstić information content (AvgIpc) is 4.23. The molecule has 9 aromatic carbocycles. The van der Waals surface area contributed by atoms with Crippen LogP contribution in [-0.4, -0.2) is 18.8 Å². The quantitative estimate of drug-likeness (QED) is 0.0305. The third kappa shape index (κ3) is 9.48. The molecule has 0 bridgehead atoms. The molecule has 0 saturated heterocycles. The van der Waals surface area contributed by atoms with Crippen molar-refractivity contribution in [2.24, 2.45) is 0 Å². The number of benzene rings is 9. The van der Waals surface area contributed by atoms with Crippen LogP contribution in [0, 0.1) is 0 Å². The normalized spacial score (nSPS) is 12.3. The minimum Gasteiger partial charge on any atom is -0.457 e. The number of para-hydroxylation sites is 4. The van der Waals surface area contributed by atoms with Gasteiger partial charge in [0.2, 0.25) is 0 Å². The lowest BCUT2D eigenvalue weighted by Crippen LogP contribution is -2.14. The molecule has 404 valence electrons. The Balaban J connectivity index is 0.930. The minimum absolute atomic E-state index is 0.156. The highest BCUT2D eigenvalue weighted by molar-refractivity contribution is 6.42. The highest BCUT2D eigenvalue weighted by Crippen LogP contribution is 2.52. The summed E-state index contributed by atoms with van der Waals surface area (Å²) in [6, 6.07) is 45.1. The van der Waals surface area contributed by atoms with Gasteiger partial charge in [0.1, 0.15) is 34.3 Å². The molecular formula is C72H72N4O4. The predicted molar refractivity (Wildman–Crippen MR) is 334 cm³/mol. The number of hydrogen-bond donors (Lipinski definition) is 0. The number of nitrogens with zero attached hydrogens (tertiary/aromatic N) is 4. The molecule has 0 aliphatic rings. The second-order valence-electron chi connectivity index (χ2n) is 22.9. The van der Waals surface area contributed by atoms with Crippen molar-refractivity contribution in [1.82, 2.24) is 18.8 Å². The zero-order chi connectivity index (χ0) is 54.1. The molecule has 0 spiro atoms. The summed E-state index contributed by atoms with van der Waals surface area (Å²) in [5.74, 6) is 2.51. The maximum atomic E-state index is 15.3. The molecule has 0 radical (unpaired) electrons. The van der Waals surface area contributed by atoms with Crippen LogP contribution in [0.2, 0.25) is 0 Å². The molecule has 80 heavy (non-hydrogen) atoms. The van der Waals surface area contributed by atoms with Gasteiger partial charge in [-0.3, -0.25) is 18.4 Å². The maximum Gasteiger partial charge on any atom is 0.264 e. The molecule has 0 aliphatic heterocycles. The van der Waals surface area contributed by atoms with Crippen LogP contribution in [0.4, 0.5) is 0 Å². The minimum atomic E-state index is -0.156. The zero-order valence-corrected chi connectivity index (χ0v) is 46.7. The third-order valence-corrected chi connectivity index (χ3v) is 17.4. The van der Waals surface area contributed by atoms with Gasteiger partial charge >= 0.3 is 0 Å². The number of pyridine rings is 2. The second kappa shape index (κ2) is 22.7. The van der Waals surface area contributed by atoms with Crippen LogP contribution in [0.15, 0.2) is 143 Å². The molecule has 0 amide bonds. The van der Waals surface area contributed by atoms with Crippen LogP contribution in [-0.2, 0) is 12.8 Å². The van der Waals surface area contributed by atoms with E-state index in [2.05, 4.69) is 86.6 Å². The fraction of sp³-hybridized carbons (Fsp3) is 0.333. The summed E-state index contributed by atoms with van der Waals surface area (Å²) < 4.78 is 17.8. The van der Waals surface area contributed by atoms with Gasteiger partial charge in [0.15, 0.2) is 0 Å². The monoisotopic (exact) mass is 1060 g/mol. The van der Waals surface area contributed by atoms with Crippen molar-refractivity contribution in [2.75, 3.05) is 0 Å². The van der Waals surface area contributed by atoms with Gasteiger partial charge in [-0.05, 0) is 120 Å². The highest BCUT2D eigenvalue weighted by Gasteiger charge is 2.28. The number of aromatic nitrogens is 4. The van der Waals surface area contributed by atoms with Crippen molar-refractivity contribution < 1.29 is 9.47 Å². The summed E-state index contributed by atoms with van der Waals surface area (Å²) in [6.45, 7) is 4.56. The van der Waals surface area contributed by atoms with Crippen molar-refractivity contribution in [2.45, 2.75) is 155 Å². The largest absolute Gasteiger partial charge is 0.457 e. The Morgan fingerprint density at radius 1 is 0.350 bits per heavy atom. The molecule has 8 heteroatoms. The van der Waals surface area contributed by atoms with Gasteiger partial charge in [-0.1, -0.05) is 190 Å². The molecular weight excluding hydrogens is 985 g/mol. The molecule has 13 aromatic rings. The molecule has 8 nitrogen and oxygen atoms in total. The number of aryl methyl sites for hydroxylation is 2. The molecule has 0 aliphatic carbocycles. The first-order chi connectivity index (χ1) is 39.5. The summed E-state index contributed by atoms with van der Waals surface area (Å²) in [6.07, 6.45) is 28.2. The molecule has 4 aromatic heterocycles. The Morgan fingerprint density at radius 2 is 0.700 bits per heavy atom. The number of rotatable bonds is 26. The maximum absolute atomic E-state index is 15.3. The summed E-state index contributed by atoms with van der Waals surface area (Å²) >= 11 is 0. The van der Waals surface area contributed by atoms with E-state index in [1.807, 2.05) is 60.7 Å². The first kappa shape index (κ1) is 51.6. The lowest BCUT2D eigenvalue weighted by molar-refractivity contribution is 0.488. The first-order valence-corrected chi connectivity index (χ1v) is 30.4. The fourth-order valence-electron chi connectivity index (χ4n) is 13.3. The SMILES string of the molecule is CCCCCCCCCCCCc1ccc(Oc2cc3c(=O)n4c5ccccc5nc4c4ccc5c6c(Oc7ccc(CCCCCCCCCCCC)cc7)cc7c(=O)n8c9ccccc9nc8c8ccc(c2c5c34)c6c78)cc1. The first-order valence-electron chi connectivity index (χ1n) is 30.4. The van der Waals surface area contributed by atoms with Crippen LogP contribution in [0.5, 0.6) is 23.0 Å². The average molecular weight is 1060 g/mol. The number of fused-ring (bicyclic) bond motifs is 10. The van der Waals surface area contributed by atoms with Crippen LogP contribution < -0.4 is 20.6 Å². The van der Waals surface area contributed by atoms with E-state index in [1.54, 1.807) is 8.80 Å². The Kier molecular flexibility index (Phi) is 14.7. The number of imidazole rings is 2. The van der Waals surface area contributed by atoms with Gasteiger partial charge in [0.25, 0.3) is 11.1 Å². The Bertz CT molecular complexity index is 4160. The summed E-state index contributed by atoms with van der Waals surface area (Å²) in [5.41, 5.74) is 6.53. The Morgan fingerprint density at radius 3 is 1.09 bits per heavy atom. The van der Waals surface area contributed by atoms with E-state index in [0.29, 0.717) is 45.1 Å². The second-order valence-corrected chi connectivity index (χ2v) is 22.9. The molecule has 0 unspecified atom stereocenters. The smallest absolute Gasteiger partial charge is 0.264 e. The van der Waals surface area contributed by atoms with Crippen molar-refractivity contribution in [3.8, 4) is 23.0 Å². The van der Waals surface area contributed by atoms with Crippen molar-refractivity contribution in [3.63, 3.8) is 0 Å². The molecule has 0 atom stereocenters. The molecule has 13 rings (SSSR count). The predicted octanol–water partition coefficient (Wildman–Crippen LogP) is 19.8. The van der Waals surface area contributed by atoms with Crippen LogP contribution in [0.25, 0.3) is 98.0 Å². The molecule has 4 heterocycles. The van der Waals surface area contributed by atoms with E-state index in [1.165, 1.54) is 127 Å². The Hall–Kier alpha value is -7.84.